The molecular formula is C11H14N2O3. The van der Waals surface area contributed by atoms with Gasteiger partial charge in [0, 0.05) is 13.6 Å². The molecule has 0 bridgehead atoms. The Balaban J connectivity index is 2.17. The van der Waals surface area contributed by atoms with Crippen LogP contribution in [0.4, 0.5) is 0 Å². The highest BCUT2D eigenvalue weighted by Crippen LogP contribution is 2.01. The number of hydrogen-bond donors (Lipinski definition) is 0. The zero-order chi connectivity index (χ0) is 11.8. The van der Waals surface area contributed by atoms with Crippen molar-refractivity contribution in [2.45, 2.75) is 13.0 Å². The van der Waals surface area contributed by atoms with Gasteiger partial charge in [-0.3, -0.25) is 4.79 Å². The molecule has 5 heteroatoms. The van der Waals surface area contributed by atoms with E-state index in [0.29, 0.717) is 18.7 Å². The Morgan fingerprint density at radius 2 is 2.50 bits per heavy atom. The minimum atomic E-state index is -0.137. The van der Waals surface area contributed by atoms with Gasteiger partial charge in [-0.05, 0) is 12.1 Å². The second kappa shape index (κ2) is 6.64. The Bertz CT molecular complexity index is 354. The highest BCUT2D eigenvalue weighted by atomic mass is 16.5. The molecule has 1 rings (SSSR count). The van der Waals surface area contributed by atoms with E-state index in [9.17, 15) is 4.79 Å². The van der Waals surface area contributed by atoms with E-state index < -0.39 is 0 Å². The molecule has 0 saturated heterocycles. The fourth-order valence-corrected chi connectivity index (χ4v) is 1.09. The second-order valence-electron chi connectivity index (χ2n) is 3.30. The van der Waals surface area contributed by atoms with Crippen LogP contribution in [0, 0.1) is 11.3 Å². The number of carbonyl (C=O) groups is 1. The van der Waals surface area contributed by atoms with Crippen LogP contribution in [0.1, 0.15) is 12.2 Å². The molecule has 0 aliphatic heterocycles. The lowest BCUT2D eigenvalue weighted by Gasteiger charge is -2.14. The predicted octanol–water partition coefficient (Wildman–Crippen LogP) is 1.17. The predicted molar refractivity (Wildman–Crippen MR) is 56.2 cm³/mol. The molecule has 0 aromatic carbocycles. The van der Waals surface area contributed by atoms with Crippen LogP contribution in [0.25, 0.3) is 0 Å². The summed E-state index contributed by atoms with van der Waals surface area (Å²) < 4.78 is 10.2. The fourth-order valence-electron chi connectivity index (χ4n) is 1.09. The van der Waals surface area contributed by atoms with Crippen molar-refractivity contribution in [3.8, 4) is 6.07 Å². The van der Waals surface area contributed by atoms with Gasteiger partial charge in [-0.1, -0.05) is 0 Å². The van der Waals surface area contributed by atoms with Crippen LogP contribution in [0.15, 0.2) is 22.8 Å². The van der Waals surface area contributed by atoms with Crippen LogP contribution < -0.4 is 0 Å². The maximum atomic E-state index is 11.4. The Morgan fingerprint density at radius 1 is 1.69 bits per heavy atom. The molecule has 1 amide bonds. The van der Waals surface area contributed by atoms with Gasteiger partial charge in [0.15, 0.2) is 0 Å². The van der Waals surface area contributed by atoms with Crippen LogP contribution in [0.5, 0.6) is 0 Å². The number of carbonyl (C=O) groups excluding carboxylic acids is 1. The highest BCUT2D eigenvalue weighted by Gasteiger charge is 2.08. The van der Waals surface area contributed by atoms with E-state index in [-0.39, 0.29) is 19.1 Å². The number of hydrogen-bond acceptors (Lipinski definition) is 4. The van der Waals surface area contributed by atoms with E-state index in [1.165, 1.54) is 4.90 Å². The minimum Gasteiger partial charge on any atom is -0.467 e. The van der Waals surface area contributed by atoms with Gasteiger partial charge in [-0.15, -0.1) is 0 Å². The third-order valence-electron chi connectivity index (χ3n) is 2.03. The molecule has 1 heterocycles. The van der Waals surface area contributed by atoms with E-state index in [1.807, 2.05) is 6.07 Å². The molecule has 0 aliphatic rings. The van der Waals surface area contributed by atoms with Crippen molar-refractivity contribution in [1.29, 1.82) is 5.26 Å². The van der Waals surface area contributed by atoms with E-state index in [4.69, 9.17) is 14.4 Å². The van der Waals surface area contributed by atoms with Gasteiger partial charge in [0.2, 0.25) is 5.91 Å². The SMILES string of the molecule is CN(CCC#N)C(=O)COCc1ccco1. The van der Waals surface area contributed by atoms with Crippen molar-refractivity contribution in [2.75, 3.05) is 20.2 Å². The van der Waals surface area contributed by atoms with Gasteiger partial charge in [0.1, 0.15) is 19.0 Å². The van der Waals surface area contributed by atoms with Crippen LogP contribution >= 0.6 is 0 Å². The topological polar surface area (TPSA) is 66.5 Å². The lowest BCUT2D eigenvalue weighted by molar-refractivity contribution is -0.135. The summed E-state index contributed by atoms with van der Waals surface area (Å²) >= 11 is 0. The van der Waals surface area contributed by atoms with E-state index in [0.717, 1.165) is 0 Å². The van der Waals surface area contributed by atoms with Gasteiger partial charge < -0.3 is 14.1 Å². The molecule has 0 saturated carbocycles. The van der Waals surface area contributed by atoms with Crippen molar-refractivity contribution in [2.24, 2.45) is 0 Å². The van der Waals surface area contributed by atoms with Gasteiger partial charge in [0.25, 0.3) is 0 Å². The van der Waals surface area contributed by atoms with E-state index >= 15 is 0 Å². The Kier molecular flexibility index (Phi) is 5.09. The summed E-state index contributed by atoms with van der Waals surface area (Å²) in [5.41, 5.74) is 0. The van der Waals surface area contributed by atoms with Crippen LogP contribution in [0.3, 0.4) is 0 Å². The standard InChI is InChI=1S/C11H14N2O3/c1-13(6-3-5-12)11(14)9-15-8-10-4-2-7-16-10/h2,4,7H,3,6,8-9H2,1H3. The normalized spacial score (nSPS) is 9.75. The Labute approximate surface area is 94.2 Å². The Morgan fingerprint density at radius 3 is 3.12 bits per heavy atom. The van der Waals surface area contributed by atoms with Crippen LogP contribution in [0.2, 0.25) is 0 Å². The second-order valence-corrected chi connectivity index (χ2v) is 3.30. The molecule has 0 spiro atoms. The van der Waals surface area contributed by atoms with Crippen molar-refractivity contribution >= 4 is 5.91 Å². The first-order valence-electron chi connectivity index (χ1n) is 4.95. The van der Waals surface area contributed by atoms with Gasteiger partial charge in [-0.25, -0.2) is 0 Å². The van der Waals surface area contributed by atoms with Crippen molar-refractivity contribution in [3.05, 3.63) is 24.2 Å². The van der Waals surface area contributed by atoms with E-state index in [1.54, 1.807) is 25.4 Å². The summed E-state index contributed by atoms with van der Waals surface area (Å²) in [6.45, 7) is 0.715. The number of nitriles is 1. The largest absolute Gasteiger partial charge is 0.467 e. The maximum Gasteiger partial charge on any atom is 0.248 e. The van der Waals surface area contributed by atoms with E-state index in [2.05, 4.69) is 0 Å². The fraction of sp³-hybridized carbons (Fsp3) is 0.455. The molecule has 1 aromatic heterocycles. The average Bonchev–Trinajstić information content (AvgIpc) is 2.78. The number of rotatable bonds is 6. The Hall–Kier alpha value is -1.80. The molecule has 1 aromatic rings. The highest BCUT2D eigenvalue weighted by molar-refractivity contribution is 5.77. The number of amides is 1. The molecule has 0 radical (unpaired) electrons. The molecule has 86 valence electrons. The maximum absolute atomic E-state index is 11.4. The summed E-state index contributed by atoms with van der Waals surface area (Å²) in [6.07, 6.45) is 1.89. The third-order valence-corrected chi connectivity index (χ3v) is 2.03. The molecule has 0 unspecified atom stereocenters. The minimum absolute atomic E-state index is 0.00261. The average molecular weight is 222 g/mol. The van der Waals surface area contributed by atoms with Crippen LogP contribution in [-0.2, 0) is 16.1 Å². The first-order valence-corrected chi connectivity index (χ1v) is 4.95. The van der Waals surface area contributed by atoms with Crippen molar-refractivity contribution in [1.82, 2.24) is 4.90 Å². The number of likely N-dealkylation sites (N-methyl/N-ethyl adjacent to an activating group) is 1. The smallest absolute Gasteiger partial charge is 0.248 e. The third kappa shape index (κ3) is 4.15. The molecule has 0 N–H and O–H groups in total. The lowest BCUT2D eigenvalue weighted by atomic mass is 10.4. The molecule has 0 atom stereocenters. The number of nitrogens with zero attached hydrogens (tertiary/aromatic N) is 2. The summed E-state index contributed by atoms with van der Waals surface area (Å²) in [4.78, 5) is 12.9. The summed E-state index contributed by atoms with van der Waals surface area (Å²) in [6, 6.07) is 5.53. The monoisotopic (exact) mass is 222 g/mol. The van der Waals surface area contributed by atoms with Gasteiger partial charge in [-0.2, -0.15) is 5.26 Å². The molecular weight excluding hydrogens is 208 g/mol. The zero-order valence-electron chi connectivity index (χ0n) is 9.18. The summed E-state index contributed by atoms with van der Waals surface area (Å²) in [7, 11) is 1.65. The van der Waals surface area contributed by atoms with Crippen molar-refractivity contribution < 1.29 is 13.9 Å². The first-order chi connectivity index (χ1) is 7.74. The number of furan rings is 1. The van der Waals surface area contributed by atoms with Crippen molar-refractivity contribution in [3.63, 3.8) is 0 Å². The summed E-state index contributed by atoms with van der Waals surface area (Å²) in [5.74, 6) is 0.550. The molecule has 5 nitrogen and oxygen atoms in total. The number of ether oxygens (including phenoxy) is 1. The quantitative estimate of drug-likeness (QED) is 0.724. The van der Waals surface area contributed by atoms with Crippen LogP contribution in [-0.4, -0.2) is 31.0 Å². The molecule has 0 fully saturated rings. The molecule has 0 aliphatic carbocycles. The first kappa shape index (κ1) is 12.3. The zero-order valence-corrected chi connectivity index (χ0v) is 9.18. The summed E-state index contributed by atoms with van der Waals surface area (Å²) in [5, 5.41) is 8.37. The van der Waals surface area contributed by atoms with Gasteiger partial charge in [0.05, 0.1) is 18.8 Å². The molecule has 16 heavy (non-hydrogen) atoms. The lowest BCUT2D eigenvalue weighted by Crippen LogP contribution is -2.30. The van der Waals surface area contributed by atoms with Gasteiger partial charge >= 0.3 is 0 Å².